The van der Waals surface area contributed by atoms with Crippen molar-refractivity contribution in [3.05, 3.63) is 35.6 Å². The minimum absolute atomic E-state index is 0.0375. The van der Waals surface area contributed by atoms with Crippen LogP contribution in [0.25, 0.3) is 0 Å². The van der Waals surface area contributed by atoms with E-state index in [0.717, 1.165) is 5.56 Å². The summed E-state index contributed by atoms with van der Waals surface area (Å²) in [7, 11) is 0. The fraction of sp³-hybridized carbons (Fsp3) is 0.417. The lowest BCUT2D eigenvalue weighted by molar-refractivity contribution is 0.149. The molecule has 16 heavy (non-hydrogen) atoms. The van der Waals surface area contributed by atoms with E-state index in [4.69, 9.17) is 4.74 Å². The standard InChI is InChI=1S/C12H16FNO2/c1-3-16-12(15)14-9(2)8-10-4-6-11(13)7-5-10/h4-7,9H,3,8H2,1-2H3,(H,14,15). The number of halogens is 1. The first-order valence-electron chi connectivity index (χ1n) is 5.29. The van der Waals surface area contributed by atoms with Crippen molar-refractivity contribution in [2.75, 3.05) is 6.61 Å². The van der Waals surface area contributed by atoms with Crippen LogP contribution in [0.4, 0.5) is 9.18 Å². The van der Waals surface area contributed by atoms with E-state index >= 15 is 0 Å². The van der Waals surface area contributed by atoms with Crippen molar-refractivity contribution >= 4 is 6.09 Å². The second kappa shape index (κ2) is 6.10. The van der Waals surface area contributed by atoms with E-state index in [1.165, 1.54) is 12.1 Å². The van der Waals surface area contributed by atoms with Crippen LogP contribution in [0.15, 0.2) is 24.3 Å². The van der Waals surface area contributed by atoms with Gasteiger partial charge in [-0.1, -0.05) is 12.1 Å². The third-order valence-electron chi connectivity index (χ3n) is 2.09. The minimum Gasteiger partial charge on any atom is -0.450 e. The summed E-state index contributed by atoms with van der Waals surface area (Å²) in [5.74, 6) is -0.255. The van der Waals surface area contributed by atoms with Gasteiger partial charge in [0.1, 0.15) is 5.82 Å². The number of amides is 1. The lowest BCUT2D eigenvalue weighted by Crippen LogP contribution is -2.34. The zero-order valence-electron chi connectivity index (χ0n) is 9.50. The molecule has 0 aliphatic rings. The number of alkyl carbamates (subject to hydrolysis) is 1. The Bertz CT molecular complexity index is 337. The molecule has 0 aliphatic carbocycles. The minimum atomic E-state index is -0.419. The third-order valence-corrected chi connectivity index (χ3v) is 2.09. The number of hydrogen-bond acceptors (Lipinski definition) is 2. The van der Waals surface area contributed by atoms with Crippen LogP contribution in [-0.2, 0) is 11.2 Å². The number of carbonyl (C=O) groups excluding carboxylic acids is 1. The number of benzene rings is 1. The van der Waals surface area contributed by atoms with E-state index in [9.17, 15) is 9.18 Å². The Morgan fingerprint density at radius 1 is 1.44 bits per heavy atom. The molecule has 88 valence electrons. The van der Waals surface area contributed by atoms with E-state index in [0.29, 0.717) is 13.0 Å². The van der Waals surface area contributed by atoms with Crippen LogP contribution in [0.2, 0.25) is 0 Å². The summed E-state index contributed by atoms with van der Waals surface area (Å²) in [6, 6.07) is 6.19. The smallest absolute Gasteiger partial charge is 0.407 e. The molecule has 0 aromatic heterocycles. The Morgan fingerprint density at radius 2 is 2.06 bits per heavy atom. The average molecular weight is 225 g/mol. The molecule has 1 unspecified atom stereocenters. The van der Waals surface area contributed by atoms with E-state index < -0.39 is 6.09 Å². The van der Waals surface area contributed by atoms with Gasteiger partial charge in [0.2, 0.25) is 0 Å². The Balaban J connectivity index is 2.42. The number of nitrogens with one attached hydrogen (secondary N) is 1. The zero-order chi connectivity index (χ0) is 12.0. The van der Waals surface area contributed by atoms with Gasteiger partial charge in [-0.15, -0.1) is 0 Å². The first-order chi connectivity index (χ1) is 7.61. The highest BCUT2D eigenvalue weighted by molar-refractivity contribution is 5.67. The van der Waals surface area contributed by atoms with Crippen LogP contribution in [-0.4, -0.2) is 18.7 Å². The van der Waals surface area contributed by atoms with Gasteiger partial charge in [-0.05, 0) is 38.0 Å². The quantitative estimate of drug-likeness (QED) is 0.855. The monoisotopic (exact) mass is 225 g/mol. The highest BCUT2D eigenvalue weighted by Crippen LogP contribution is 2.05. The predicted octanol–water partition coefficient (Wildman–Crippen LogP) is 2.50. The van der Waals surface area contributed by atoms with Gasteiger partial charge < -0.3 is 10.1 Å². The van der Waals surface area contributed by atoms with Crippen molar-refractivity contribution in [2.45, 2.75) is 26.3 Å². The van der Waals surface area contributed by atoms with Crippen molar-refractivity contribution in [1.82, 2.24) is 5.32 Å². The summed E-state index contributed by atoms with van der Waals surface area (Å²) in [5, 5.41) is 2.69. The zero-order valence-corrected chi connectivity index (χ0v) is 9.50. The lowest BCUT2D eigenvalue weighted by atomic mass is 10.1. The molecule has 1 aromatic carbocycles. The van der Waals surface area contributed by atoms with E-state index in [1.807, 2.05) is 6.92 Å². The topological polar surface area (TPSA) is 38.3 Å². The van der Waals surface area contributed by atoms with Crippen molar-refractivity contribution in [3.8, 4) is 0 Å². The first-order valence-corrected chi connectivity index (χ1v) is 5.29. The maximum Gasteiger partial charge on any atom is 0.407 e. The van der Waals surface area contributed by atoms with Crippen molar-refractivity contribution in [2.24, 2.45) is 0 Å². The third kappa shape index (κ3) is 4.29. The number of ether oxygens (including phenoxy) is 1. The average Bonchev–Trinajstić information content (AvgIpc) is 2.21. The molecule has 1 rings (SSSR count). The molecule has 3 nitrogen and oxygen atoms in total. The van der Waals surface area contributed by atoms with Gasteiger partial charge in [-0.25, -0.2) is 9.18 Å². The molecule has 0 spiro atoms. The fourth-order valence-corrected chi connectivity index (χ4v) is 1.40. The van der Waals surface area contributed by atoms with Crippen LogP contribution in [0, 0.1) is 5.82 Å². The number of hydrogen-bond donors (Lipinski definition) is 1. The summed E-state index contributed by atoms with van der Waals surface area (Å²) in [4.78, 5) is 11.1. The number of rotatable bonds is 4. The van der Waals surface area contributed by atoms with Crippen molar-refractivity contribution in [3.63, 3.8) is 0 Å². The SMILES string of the molecule is CCOC(=O)NC(C)Cc1ccc(F)cc1. The second-order valence-corrected chi connectivity index (χ2v) is 3.60. The molecule has 0 fully saturated rings. The molecule has 1 amide bonds. The van der Waals surface area contributed by atoms with E-state index in [1.54, 1.807) is 19.1 Å². The second-order valence-electron chi connectivity index (χ2n) is 3.60. The van der Waals surface area contributed by atoms with Gasteiger partial charge in [-0.3, -0.25) is 0 Å². The van der Waals surface area contributed by atoms with Crippen LogP contribution in [0.3, 0.4) is 0 Å². The van der Waals surface area contributed by atoms with Crippen molar-refractivity contribution < 1.29 is 13.9 Å². The van der Waals surface area contributed by atoms with Crippen LogP contribution in [0.1, 0.15) is 19.4 Å². The summed E-state index contributed by atoms with van der Waals surface area (Å²) in [6.07, 6.45) is 0.233. The van der Waals surface area contributed by atoms with Crippen molar-refractivity contribution in [1.29, 1.82) is 0 Å². The summed E-state index contributed by atoms with van der Waals surface area (Å²) < 4.78 is 17.4. The molecule has 1 atom stereocenters. The molecule has 0 saturated heterocycles. The molecular weight excluding hydrogens is 209 g/mol. The molecule has 0 saturated carbocycles. The fourth-order valence-electron chi connectivity index (χ4n) is 1.40. The highest BCUT2D eigenvalue weighted by atomic mass is 19.1. The molecule has 1 aromatic rings. The Kier molecular flexibility index (Phi) is 4.76. The Hall–Kier alpha value is -1.58. The van der Waals surface area contributed by atoms with Crippen LogP contribution >= 0.6 is 0 Å². The normalized spacial score (nSPS) is 11.9. The lowest BCUT2D eigenvalue weighted by Gasteiger charge is -2.13. The molecule has 0 bridgehead atoms. The Labute approximate surface area is 94.6 Å². The largest absolute Gasteiger partial charge is 0.450 e. The first kappa shape index (κ1) is 12.5. The highest BCUT2D eigenvalue weighted by Gasteiger charge is 2.08. The van der Waals surface area contributed by atoms with Crippen LogP contribution in [0.5, 0.6) is 0 Å². The van der Waals surface area contributed by atoms with E-state index in [2.05, 4.69) is 5.32 Å². The molecule has 1 N–H and O–H groups in total. The summed E-state index contributed by atoms with van der Waals surface area (Å²) in [6.45, 7) is 3.99. The van der Waals surface area contributed by atoms with Gasteiger partial charge in [0.05, 0.1) is 6.61 Å². The molecule has 0 radical (unpaired) electrons. The summed E-state index contributed by atoms with van der Waals surface area (Å²) in [5.41, 5.74) is 0.977. The van der Waals surface area contributed by atoms with Gasteiger partial charge in [0.15, 0.2) is 0 Å². The summed E-state index contributed by atoms with van der Waals surface area (Å²) >= 11 is 0. The predicted molar refractivity (Wildman–Crippen MR) is 59.7 cm³/mol. The maximum absolute atomic E-state index is 12.6. The molecular formula is C12H16FNO2. The number of carbonyl (C=O) groups is 1. The van der Waals surface area contributed by atoms with Gasteiger partial charge in [-0.2, -0.15) is 0 Å². The molecule has 0 heterocycles. The molecule has 0 aliphatic heterocycles. The van der Waals surface area contributed by atoms with Gasteiger partial charge in [0, 0.05) is 6.04 Å². The van der Waals surface area contributed by atoms with Crippen LogP contribution < -0.4 is 5.32 Å². The van der Waals surface area contributed by atoms with E-state index in [-0.39, 0.29) is 11.9 Å². The Morgan fingerprint density at radius 3 is 2.62 bits per heavy atom. The van der Waals surface area contributed by atoms with Gasteiger partial charge >= 0.3 is 6.09 Å². The maximum atomic E-state index is 12.6. The van der Waals surface area contributed by atoms with Gasteiger partial charge in [0.25, 0.3) is 0 Å². The molecule has 4 heteroatoms.